The Balaban J connectivity index is 1.80. The van der Waals surface area contributed by atoms with Crippen molar-refractivity contribution in [2.75, 3.05) is 6.61 Å². The molecule has 0 radical (unpaired) electrons. The molecule has 5 atom stereocenters. The summed E-state index contributed by atoms with van der Waals surface area (Å²) in [6, 6.07) is 0. The Morgan fingerprint density at radius 1 is 1.35 bits per heavy atom. The lowest BCUT2D eigenvalue weighted by Crippen LogP contribution is -2.36. The number of rotatable bonds is 9. The molecule has 0 aromatic heterocycles. The van der Waals surface area contributed by atoms with Crippen LogP contribution in [-0.4, -0.2) is 45.8 Å². The van der Waals surface area contributed by atoms with Gasteiger partial charge >= 0.3 is 5.97 Å². The lowest BCUT2D eigenvalue weighted by Gasteiger charge is -2.33. The van der Waals surface area contributed by atoms with E-state index in [4.69, 9.17) is 9.94 Å². The van der Waals surface area contributed by atoms with Crippen LogP contribution in [-0.2, 0) is 9.63 Å². The molecule has 2 aliphatic carbocycles. The van der Waals surface area contributed by atoms with Crippen molar-refractivity contribution in [1.82, 2.24) is 0 Å². The SMILES string of the molecule is CCC(CC)CCC(O)C#CC1C(O)CC2C(=NOCCC(=O)O)CC21. The van der Waals surface area contributed by atoms with Gasteiger partial charge in [-0.15, -0.1) is 0 Å². The third kappa shape index (κ3) is 5.46. The molecule has 2 fully saturated rings. The van der Waals surface area contributed by atoms with Crippen LogP contribution in [0, 0.1) is 35.5 Å². The zero-order valence-electron chi connectivity index (χ0n) is 15.7. The number of hydrogen-bond donors (Lipinski definition) is 3. The summed E-state index contributed by atoms with van der Waals surface area (Å²) < 4.78 is 0. The molecule has 3 N–H and O–H groups in total. The van der Waals surface area contributed by atoms with Gasteiger partial charge in [-0.25, -0.2) is 0 Å². The molecular weight excluding hydrogens is 334 g/mol. The van der Waals surface area contributed by atoms with Gasteiger partial charge in [0.1, 0.15) is 12.7 Å². The number of hydrogen-bond acceptors (Lipinski definition) is 5. The van der Waals surface area contributed by atoms with Gasteiger partial charge in [-0.3, -0.25) is 4.79 Å². The molecule has 0 amide bonds. The molecule has 26 heavy (non-hydrogen) atoms. The molecule has 0 aromatic rings. The van der Waals surface area contributed by atoms with E-state index in [9.17, 15) is 15.0 Å². The van der Waals surface area contributed by atoms with Crippen molar-refractivity contribution in [3.8, 4) is 11.8 Å². The van der Waals surface area contributed by atoms with E-state index in [2.05, 4.69) is 30.8 Å². The van der Waals surface area contributed by atoms with Crippen LogP contribution in [0.2, 0.25) is 0 Å². The topological polar surface area (TPSA) is 99.4 Å². The zero-order valence-corrected chi connectivity index (χ0v) is 15.7. The number of aliphatic hydroxyl groups excluding tert-OH is 2. The van der Waals surface area contributed by atoms with Gasteiger partial charge in [0.25, 0.3) is 0 Å². The Morgan fingerprint density at radius 3 is 2.73 bits per heavy atom. The molecule has 0 aliphatic heterocycles. The van der Waals surface area contributed by atoms with Crippen LogP contribution in [0.15, 0.2) is 5.16 Å². The van der Waals surface area contributed by atoms with Gasteiger partial charge < -0.3 is 20.2 Å². The van der Waals surface area contributed by atoms with Crippen LogP contribution < -0.4 is 0 Å². The lowest BCUT2D eigenvalue weighted by molar-refractivity contribution is -0.138. The van der Waals surface area contributed by atoms with Gasteiger partial charge in [0, 0.05) is 5.92 Å². The Hall–Kier alpha value is -1.58. The highest BCUT2D eigenvalue weighted by Crippen LogP contribution is 2.48. The highest BCUT2D eigenvalue weighted by Gasteiger charge is 2.51. The van der Waals surface area contributed by atoms with Crippen molar-refractivity contribution >= 4 is 11.7 Å². The maximum atomic E-state index is 10.4. The quantitative estimate of drug-likeness (QED) is 0.331. The molecule has 2 saturated carbocycles. The van der Waals surface area contributed by atoms with Crippen LogP contribution in [0.25, 0.3) is 0 Å². The molecule has 2 rings (SSSR count). The van der Waals surface area contributed by atoms with Crippen molar-refractivity contribution in [2.45, 2.75) is 71.0 Å². The van der Waals surface area contributed by atoms with Crippen LogP contribution in [0.1, 0.15) is 58.8 Å². The number of nitrogens with zero attached hydrogens (tertiary/aromatic N) is 1. The average Bonchev–Trinajstić information content (AvgIpc) is 2.84. The minimum atomic E-state index is -0.911. The summed E-state index contributed by atoms with van der Waals surface area (Å²) in [5.74, 6) is 6.05. The largest absolute Gasteiger partial charge is 0.481 e. The first-order valence-electron chi connectivity index (χ1n) is 9.73. The first kappa shape index (κ1) is 20.7. The van der Waals surface area contributed by atoms with E-state index >= 15 is 0 Å². The van der Waals surface area contributed by atoms with Crippen LogP contribution >= 0.6 is 0 Å². The van der Waals surface area contributed by atoms with Gasteiger partial charge in [0.15, 0.2) is 0 Å². The average molecular weight is 365 g/mol. The van der Waals surface area contributed by atoms with Crippen molar-refractivity contribution < 1.29 is 25.0 Å². The Bertz CT molecular complexity index is 560. The third-order valence-corrected chi connectivity index (χ3v) is 5.77. The Kier molecular flexibility index (Phi) is 7.92. The van der Waals surface area contributed by atoms with Crippen LogP contribution in [0.4, 0.5) is 0 Å². The van der Waals surface area contributed by atoms with Gasteiger partial charge in [-0.2, -0.15) is 0 Å². The number of carboxylic acids is 1. The first-order valence-corrected chi connectivity index (χ1v) is 9.73. The van der Waals surface area contributed by atoms with E-state index < -0.39 is 18.2 Å². The molecule has 2 aliphatic rings. The van der Waals surface area contributed by atoms with E-state index in [1.54, 1.807) is 0 Å². The molecule has 6 heteroatoms. The second-order valence-corrected chi connectivity index (χ2v) is 7.43. The second kappa shape index (κ2) is 9.94. The fourth-order valence-corrected chi connectivity index (χ4v) is 3.93. The Labute approximate surface area is 155 Å². The normalized spacial score (nSPS) is 29.7. The highest BCUT2D eigenvalue weighted by molar-refractivity contribution is 5.93. The van der Waals surface area contributed by atoms with Crippen molar-refractivity contribution in [3.05, 3.63) is 0 Å². The predicted molar refractivity (Wildman–Crippen MR) is 98.4 cm³/mol. The van der Waals surface area contributed by atoms with E-state index in [1.807, 2.05) is 0 Å². The van der Waals surface area contributed by atoms with Crippen molar-refractivity contribution in [1.29, 1.82) is 0 Å². The number of aliphatic carboxylic acids is 1. The number of carbonyl (C=O) groups is 1. The fourth-order valence-electron chi connectivity index (χ4n) is 3.93. The summed E-state index contributed by atoms with van der Waals surface area (Å²) in [6.07, 6.45) is 4.03. The molecule has 0 bridgehead atoms. The summed E-state index contributed by atoms with van der Waals surface area (Å²) in [7, 11) is 0. The highest BCUT2D eigenvalue weighted by atomic mass is 16.6. The minimum absolute atomic E-state index is 0.0602. The Morgan fingerprint density at radius 2 is 2.08 bits per heavy atom. The zero-order chi connectivity index (χ0) is 19.1. The molecule has 0 aromatic carbocycles. The van der Waals surface area contributed by atoms with Gasteiger partial charge in [0.2, 0.25) is 0 Å². The third-order valence-electron chi connectivity index (χ3n) is 5.77. The number of carboxylic acid groups (broad SMARTS) is 1. The smallest absolute Gasteiger partial charge is 0.306 e. The molecule has 5 unspecified atom stereocenters. The predicted octanol–water partition coefficient (Wildman–Crippen LogP) is 2.43. The first-order chi connectivity index (χ1) is 12.5. The lowest BCUT2D eigenvalue weighted by atomic mass is 9.71. The molecule has 6 nitrogen and oxygen atoms in total. The molecular formula is C20H31NO5. The standard InChI is InChI=1S/C20H31NO5/c1-3-13(4-2)5-6-14(22)7-8-15-16-11-18(17(16)12-19(15)23)21-26-10-9-20(24)25/h13-17,19,22-23H,3-6,9-12H2,1-2H3,(H,24,25). The van der Waals surface area contributed by atoms with Gasteiger partial charge in [0.05, 0.1) is 24.2 Å². The maximum Gasteiger partial charge on any atom is 0.306 e. The minimum Gasteiger partial charge on any atom is -0.481 e. The molecule has 0 saturated heterocycles. The molecule has 0 spiro atoms. The van der Waals surface area contributed by atoms with Crippen LogP contribution in [0.5, 0.6) is 0 Å². The second-order valence-electron chi connectivity index (χ2n) is 7.43. The number of oxime groups is 1. The number of fused-ring (bicyclic) bond motifs is 1. The van der Waals surface area contributed by atoms with E-state index in [0.717, 1.165) is 31.4 Å². The molecule has 0 heterocycles. The summed E-state index contributed by atoms with van der Waals surface area (Å²) in [5, 5.41) is 33.0. The van der Waals surface area contributed by atoms with E-state index in [-0.39, 0.29) is 30.8 Å². The summed E-state index contributed by atoms with van der Waals surface area (Å²) in [4.78, 5) is 15.5. The van der Waals surface area contributed by atoms with Gasteiger partial charge in [-0.05, 0) is 37.5 Å². The molecule has 146 valence electrons. The van der Waals surface area contributed by atoms with Crippen molar-refractivity contribution in [3.63, 3.8) is 0 Å². The van der Waals surface area contributed by atoms with Crippen LogP contribution in [0.3, 0.4) is 0 Å². The van der Waals surface area contributed by atoms with Crippen molar-refractivity contribution in [2.24, 2.45) is 28.8 Å². The van der Waals surface area contributed by atoms with E-state index in [0.29, 0.717) is 18.8 Å². The fraction of sp³-hybridized carbons (Fsp3) is 0.800. The van der Waals surface area contributed by atoms with Gasteiger partial charge in [-0.1, -0.05) is 43.7 Å². The van der Waals surface area contributed by atoms with E-state index in [1.165, 1.54) is 0 Å². The summed E-state index contributed by atoms with van der Waals surface area (Å²) in [6.45, 7) is 4.40. The summed E-state index contributed by atoms with van der Waals surface area (Å²) >= 11 is 0. The number of aliphatic hydroxyl groups is 2. The monoisotopic (exact) mass is 365 g/mol. The summed E-state index contributed by atoms with van der Waals surface area (Å²) in [5.41, 5.74) is 0.887. The maximum absolute atomic E-state index is 10.4.